The normalized spacial score (nSPS) is 13.5. The van der Waals surface area contributed by atoms with Crippen LogP contribution in [0.15, 0.2) is 12.7 Å². The average molecular weight is 364 g/mol. The van der Waals surface area contributed by atoms with Gasteiger partial charge in [-0.2, -0.15) is 0 Å². The number of aliphatic hydroxyl groups is 1. The molecule has 4 heteroatoms. The zero-order valence-electron chi connectivity index (χ0n) is 16.3. The van der Waals surface area contributed by atoms with Crippen LogP contribution in [0.25, 0.3) is 0 Å². The van der Waals surface area contributed by atoms with Crippen LogP contribution in [-0.4, -0.2) is 37.0 Å². The van der Waals surface area contributed by atoms with E-state index in [2.05, 4.69) is 25.7 Å². The fourth-order valence-corrected chi connectivity index (χ4v) is 2.81. The Balaban J connectivity index is 0. The van der Waals surface area contributed by atoms with Gasteiger partial charge in [0.15, 0.2) is 0 Å². The molecule has 0 aromatic carbocycles. The van der Waals surface area contributed by atoms with E-state index in [4.69, 9.17) is 4.74 Å². The summed E-state index contributed by atoms with van der Waals surface area (Å²) >= 11 is 0. The van der Waals surface area contributed by atoms with E-state index in [1.807, 2.05) is 13.0 Å². The lowest BCUT2D eigenvalue weighted by molar-refractivity contribution is -0.661. The molecule has 0 rings (SSSR count). The van der Waals surface area contributed by atoms with E-state index >= 15 is 0 Å². The van der Waals surface area contributed by atoms with Crippen LogP contribution in [-0.2, 0) is 4.74 Å². The summed E-state index contributed by atoms with van der Waals surface area (Å²) in [6.07, 6.45) is 13.7. The Morgan fingerprint density at radius 3 is 2.08 bits per heavy atom. The zero-order valence-corrected chi connectivity index (χ0v) is 17.1. The Kier molecular flexibility index (Phi) is 21.0. The molecule has 24 heavy (non-hydrogen) atoms. The molecule has 0 aliphatic heterocycles. The third kappa shape index (κ3) is 20.0. The molecule has 0 bridgehead atoms. The number of halogens is 1. The summed E-state index contributed by atoms with van der Waals surface area (Å²) in [7, 11) is 0. The van der Waals surface area contributed by atoms with Gasteiger partial charge in [-0.15, -0.1) is 6.58 Å². The first-order chi connectivity index (χ1) is 11.1. The van der Waals surface area contributed by atoms with Crippen molar-refractivity contribution in [2.75, 3.05) is 19.7 Å². The number of nitrogens with two attached hydrogens (primary N) is 1. The highest BCUT2D eigenvalue weighted by Gasteiger charge is 2.10. The molecule has 0 fully saturated rings. The SMILES string of the molecule is C=CCOC(CCCCCCCCC(C)C)CC[NH2+]CC(C)O.[Cl-]. The Hall–Kier alpha value is -0.0900. The molecule has 0 aliphatic carbocycles. The molecule has 3 N–H and O–H groups in total. The number of ether oxygens (including phenoxy) is 1. The summed E-state index contributed by atoms with van der Waals surface area (Å²) in [5.74, 6) is 0.850. The molecule has 0 aromatic heterocycles. The maximum Gasteiger partial charge on any atom is 0.102 e. The lowest BCUT2D eigenvalue weighted by atomic mass is 10.0. The van der Waals surface area contributed by atoms with Gasteiger partial charge in [0, 0.05) is 6.42 Å². The summed E-state index contributed by atoms with van der Waals surface area (Å²) in [5.41, 5.74) is 0. The van der Waals surface area contributed by atoms with E-state index in [1.54, 1.807) is 0 Å². The Labute approximate surface area is 157 Å². The monoisotopic (exact) mass is 363 g/mol. The van der Waals surface area contributed by atoms with Crippen LogP contribution in [0.1, 0.15) is 78.6 Å². The van der Waals surface area contributed by atoms with Crippen molar-refractivity contribution in [1.29, 1.82) is 0 Å². The third-order valence-corrected chi connectivity index (χ3v) is 4.21. The molecule has 0 saturated heterocycles. The zero-order chi connectivity index (χ0) is 17.3. The second-order valence-corrected chi connectivity index (χ2v) is 7.29. The van der Waals surface area contributed by atoms with Crippen molar-refractivity contribution in [3.05, 3.63) is 12.7 Å². The van der Waals surface area contributed by atoms with Gasteiger partial charge < -0.3 is 27.6 Å². The van der Waals surface area contributed by atoms with Gasteiger partial charge in [-0.1, -0.05) is 64.9 Å². The van der Waals surface area contributed by atoms with E-state index in [-0.39, 0.29) is 18.5 Å². The Morgan fingerprint density at radius 2 is 1.54 bits per heavy atom. The highest BCUT2D eigenvalue weighted by atomic mass is 35.5. The van der Waals surface area contributed by atoms with Crippen LogP contribution < -0.4 is 17.7 Å². The van der Waals surface area contributed by atoms with Gasteiger partial charge in [0.05, 0.1) is 25.4 Å². The van der Waals surface area contributed by atoms with Crippen molar-refractivity contribution in [2.24, 2.45) is 5.92 Å². The molecule has 0 aliphatic rings. The smallest absolute Gasteiger partial charge is 0.102 e. The number of unbranched alkanes of at least 4 members (excludes halogenated alkanes) is 5. The summed E-state index contributed by atoms with van der Waals surface area (Å²) in [6, 6.07) is 0. The third-order valence-electron chi connectivity index (χ3n) is 4.21. The highest BCUT2D eigenvalue weighted by Crippen LogP contribution is 2.14. The second-order valence-electron chi connectivity index (χ2n) is 7.29. The van der Waals surface area contributed by atoms with Crippen LogP contribution in [0.3, 0.4) is 0 Å². The van der Waals surface area contributed by atoms with Gasteiger partial charge >= 0.3 is 0 Å². The topological polar surface area (TPSA) is 46.1 Å². The maximum atomic E-state index is 9.28. The minimum Gasteiger partial charge on any atom is -1.00 e. The van der Waals surface area contributed by atoms with Crippen LogP contribution in [0, 0.1) is 5.92 Å². The van der Waals surface area contributed by atoms with E-state index in [9.17, 15) is 5.11 Å². The predicted octanol–water partition coefficient (Wildman–Crippen LogP) is 0.673. The lowest BCUT2D eigenvalue weighted by Crippen LogP contribution is -3.00. The van der Waals surface area contributed by atoms with Crippen molar-refractivity contribution in [2.45, 2.75) is 90.8 Å². The van der Waals surface area contributed by atoms with Crippen molar-refractivity contribution < 1.29 is 27.6 Å². The van der Waals surface area contributed by atoms with Gasteiger partial charge in [0.25, 0.3) is 0 Å². The maximum absolute atomic E-state index is 9.28. The number of quaternary nitrogens is 1. The molecule has 3 nitrogen and oxygen atoms in total. The first-order valence-corrected chi connectivity index (χ1v) is 9.78. The van der Waals surface area contributed by atoms with Gasteiger partial charge in [-0.05, 0) is 19.3 Å². The molecule has 0 aromatic rings. The molecule has 2 unspecified atom stereocenters. The quantitative estimate of drug-likeness (QED) is 0.295. The van der Waals surface area contributed by atoms with Crippen LogP contribution >= 0.6 is 0 Å². The van der Waals surface area contributed by atoms with Gasteiger partial charge in [-0.3, -0.25) is 0 Å². The van der Waals surface area contributed by atoms with E-state index in [1.165, 1.54) is 44.9 Å². The fourth-order valence-electron chi connectivity index (χ4n) is 2.81. The first kappa shape index (κ1) is 26.1. The van der Waals surface area contributed by atoms with Gasteiger partial charge in [0.2, 0.25) is 0 Å². The molecular formula is C20H42ClNO2. The van der Waals surface area contributed by atoms with Crippen molar-refractivity contribution in [1.82, 2.24) is 0 Å². The van der Waals surface area contributed by atoms with E-state index in [0.29, 0.717) is 12.7 Å². The number of rotatable bonds is 17. The van der Waals surface area contributed by atoms with Crippen LogP contribution in [0.4, 0.5) is 0 Å². The van der Waals surface area contributed by atoms with E-state index in [0.717, 1.165) is 31.8 Å². The van der Waals surface area contributed by atoms with Crippen molar-refractivity contribution >= 4 is 0 Å². The summed E-state index contributed by atoms with van der Waals surface area (Å²) < 4.78 is 5.87. The lowest BCUT2D eigenvalue weighted by Gasteiger charge is -2.16. The molecule has 0 amide bonds. The standard InChI is InChI=1S/C20H41NO2.ClH/c1-5-16-23-20(14-15-21-17-19(4)22)13-11-9-7-6-8-10-12-18(2)3;/h5,18-22H,1,6-17H2,2-4H3;1H. The minimum absolute atomic E-state index is 0. The van der Waals surface area contributed by atoms with Gasteiger partial charge in [-0.25, -0.2) is 0 Å². The second kappa shape index (κ2) is 19.2. The number of hydrogen-bond donors (Lipinski definition) is 2. The predicted molar refractivity (Wildman–Crippen MR) is 99.7 cm³/mol. The Bertz CT molecular complexity index is 260. The van der Waals surface area contributed by atoms with Crippen LogP contribution in [0.2, 0.25) is 0 Å². The number of aliphatic hydroxyl groups excluding tert-OH is 1. The highest BCUT2D eigenvalue weighted by molar-refractivity contribution is 4.67. The minimum atomic E-state index is -0.224. The summed E-state index contributed by atoms with van der Waals surface area (Å²) in [6.45, 7) is 12.6. The molecule has 2 atom stereocenters. The van der Waals surface area contributed by atoms with E-state index < -0.39 is 0 Å². The number of hydrogen-bond acceptors (Lipinski definition) is 2. The van der Waals surface area contributed by atoms with Crippen LogP contribution in [0.5, 0.6) is 0 Å². The molecular weight excluding hydrogens is 322 g/mol. The average Bonchev–Trinajstić information content (AvgIpc) is 2.50. The first-order valence-electron chi connectivity index (χ1n) is 9.78. The Morgan fingerprint density at radius 1 is 0.958 bits per heavy atom. The van der Waals surface area contributed by atoms with Crippen molar-refractivity contribution in [3.63, 3.8) is 0 Å². The molecule has 146 valence electrons. The largest absolute Gasteiger partial charge is 1.00 e. The molecule has 0 radical (unpaired) electrons. The summed E-state index contributed by atoms with van der Waals surface area (Å²) in [4.78, 5) is 0. The van der Waals surface area contributed by atoms with Crippen molar-refractivity contribution in [3.8, 4) is 0 Å². The fraction of sp³-hybridized carbons (Fsp3) is 0.900. The summed E-state index contributed by atoms with van der Waals surface area (Å²) in [5, 5.41) is 11.5. The van der Waals surface area contributed by atoms with Gasteiger partial charge in [0.1, 0.15) is 6.54 Å². The molecule has 0 spiro atoms. The molecule has 0 heterocycles. The molecule has 0 saturated carbocycles.